The van der Waals surface area contributed by atoms with Crippen LogP contribution in [-0.2, 0) is 4.79 Å². The van der Waals surface area contributed by atoms with E-state index in [1.165, 1.54) is 6.42 Å². The number of nitrogens with one attached hydrogen (secondary N) is 1. The maximum atomic E-state index is 11.3. The summed E-state index contributed by atoms with van der Waals surface area (Å²) in [5.41, 5.74) is 0. The molecule has 2 heteroatoms. The highest BCUT2D eigenvalue weighted by Crippen LogP contribution is 2.04. The van der Waals surface area contributed by atoms with Gasteiger partial charge in [-0.05, 0) is 25.8 Å². The molecule has 0 radical (unpaired) electrons. The van der Waals surface area contributed by atoms with Crippen LogP contribution in [0.5, 0.6) is 0 Å². The van der Waals surface area contributed by atoms with Crippen molar-refractivity contribution in [3.63, 3.8) is 0 Å². The topological polar surface area (TPSA) is 29.1 Å². The summed E-state index contributed by atoms with van der Waals surface area (Å²) in [6.45, 7) is 7.51. The summed E-state index contributed by atoms with van der Waals surface area (Å²) in [7, 11) is 0. The predicted molar refractivity (Wildman–Crippen MR) is 61.4 cm³/mol. The molecule has 0 aromatic rings. The molecule has 1 N–H and O–H groups in total. The van der Waals surface area contributed by atoms with Gasteiger partial charge < -0.3 is 5.32 Å². The van der Waals surface area contributed by atoms with E-state index >= 15 is 0 Å². The molecular formula is C12H23NO. The van der Waals surface area contributed by atoms with Gasteiger partial charge in [-0.25, -0.2) is 0 Å². The van der Waals surface area contributed by atoms with Crippen LogP contribution >= 0.6 is 0 Å². The first-order valence-electron chi connectivity index (χ1n) is 5.64. The SMILES string of the molecule is C=CCCCCCC(=O)CCNCC. The van der Waals surface area contributed by atoms with Gasteiger partial charge in [0.15, 0.2) is 0 Å². The second-order valence-corrected chi connectivity index (χ2v) is 3.53. The number of hydrogen-bond acceptors (Lipinski definition) is 2. The molecular weight excluding hydrogens is 174 g/mol. The highest BCUT2D eigenvalue weighted by molar-refractivity contribution is 5.78. The normalized spacial score (nSPS) is 10.1. The molecule has 0 atom stereocenters. The standard InChI is InChI=1S/C12H23NO/c1-3-5-6-7-8-9-12(14)10-11-13-4-2/h3,13H,1,4-11H2,2H3. The number of hydrogen-bond donors (Lipinski definition) is 1. The molecule has 82 valence electrons. The fourth-order valence-electron chi connectivity index (χ4n) is 1.32. The zero-order chi connectivity index (χ0) is 10.6. The first-order valence-corrected chi connectivity index (χ1v) is 5.64. The second kappa shape index (κ2) is 10.5. The van der Waals surface area contributed by atoms with Crippen LogP contribution in [0.15, 0.2) is 12.7 Å². The Kier molecular flexibility index (Phi) is 9.98. The molecule has 0 saturated carbocycles. The highest BCUT2D eigenvalue weighted by atomic mass is 16.1. The minimum Gasteiger partial charge on any atom is -0.317 e. The van der Waals surface area contributed by atoms with Crippen molar-refractivity contribution in [2.45, 2.75) is 45.4 Å². The summed E-state index contributed by atoms with van der Waals surface area (Å²) in [4.78, 5) is 11.3. The van der Waals surface area contributed by atoms with E-state index < -0.39 is 0 Å². The molecule has 0 aliphatic carbocycles. The Balaban J connectivity index is 3.14. The highest BCUT2D eigenvalue weighted by Gasteiger charge is 2.00. The van der Waals surface area contributed by atoms with Crippen molar-refractivity contribution in [2.75, 3.05) is 13.1 Å². The molecule has 14 heavy (non-hydrogen) atoms. The molecule has 0 unspecified atom stereocenters. The summed E-state index contributed by atoms with van der Waals surface area (Å²) in [5.74, 6) is 0.393. The Labute approximate surface area is 87.8 Å². The Bertz CT molecular complexity index is 154. The van der Waals surface area contributed by atoms with Gasteiger partial charge in [-0.1, -0.05) is 19.4 Å². The van der Waals surface area contributed by atoms with Gasteiger partial charge in [0.1, 0.15) is 5.78 Å². The lowest BCUT2D eigenvalue weighted by Crippen LogP contribution is -2.17. The van der Waals surface area contributed by atoms with Gasteiger partial charge in [0.2, 0.25) is 0 Å². The van der Waals surface area contributed by atoms with Crippen molar-refractivity contribution >= 4 is 5.78 Å². The summed E-state index contributed by atoms with van der Waals surface area (Å²) >= 11 is 0. The minimum absolute atomic E-state index is 0.393. The monoisotopic (exact) mass is 197 g/mol. The van der Waals surface area contributed by atoms with E-state index in [-0.39, 0.29) is 0 Å². The molecule has 0 spiro atoms. The van der Waals surface area contributed by atoms with Crippen LogP contribution in [0.1, 0.15) is 45.4 Å². The maximum absolute atomic E-state index is 11.3. The van der Waals surface area contributed by atoms with Crippen molar-refractivity contribution < 1.29 is 4.79 Å². The Hall–Kier alpha value is -0.630. The van der Waals surface area contributed by atoms with Gasteiger partial charge in [-0.2, -0.15) is 0 Å². The van der Waals surface area contributed by atoms with Crippen LogP contribution in [-0.4, -0.2) is 18.9 Å². The Morgan fingerprint density at radius 3 is 2.71 bits per heavy atom. The molecule has 0 aromatic heterocycles. The Morgan fingerprint density at radius 1 is 1.29 bits per heavy atom. The number of rotatable bonds is 10. The van der Waals surface area contributed by atoms with Gasteiger partial charge >= 0.3 is 0 Å². The summed E-state index contributed by atoms with van der Waals surface area (Å²) in [6, 6.07) is 0. The third kappa shape index (κ3) is 9.46. The fourth-order valence-corrected chi connectivity index (χ4v) is 1.32. The largest absolute Gasteiger partial charge is 0.317 e. The van der Waals surface area contributed by atoms with E-state index in [4.69, 9.17) is 0 Å². The van der Waals surface area contributed by atoms with Crippen molar-refractivity contribution in [2.24, 2.45) is 0 Å². The van der Waals surface area contributed by atoms with Crippen molar-refractivity contribution in [3.05, 3.63) is 12.7 Å². The fraction of sp³-hybridized carbons (Fsp3) is 0.750. The van der Waals surface area contributed by atoms with E-state index in [1.807, 2.05) is 6.08 Å². The molecule has 0 heterocycles. The number of Topliss-reactive ketones (excluding diaryl/α,β-unsaturated/α-hetero) is 1. The van der Waals surface area contributed by atoms with Crippen molar-refractivity contribution in [1.29, 1.82) is 0 Å². The van der Waals surface area contributed by atoms with Crippen molar-refractivity contribution in [1.82, 2.24) is 5.32 Å². The van der Waals surface area contributed by atoms with Gasteiger partial charge in [0.05, 0.1) is 0 Å². The third-order valence-electron chi connectivity index (χ3n) is 2.19. The second-order valence-electron chi connectivity index (χ2n) is 3.53. The molecule has 0 amide bonds. The minimum atomic E-state index is 0.393. The molecule has 0 aliphatic heterocycles. The van der Waals surface area contributed by atoms with E-state index in [0.717, 1.165) is 38.8 Å². The van der Waals surface area contributed by atoms with E-state index in [2.05, 4.69) is 18.8 Å². The molecule has 0 bridgehead atoms. The van der Waals surface area contributed by atoms with Crippen LogP contribution in [0.25, 0.3) is 0 Å². The molecule has 0 rings (SSSR count). The molecule has 0 aromatic carbocycles. The summed E-state index contributed by atoms with van der Waals surface area (Å²) in [6.07, 6.45) is 7.82. The number of carbonyl (C=O) groups is 1. The average Bonchev–Trinajstić information content (AvgIpc) is 2.18. The quantitative estimate of drug-likeness (QED) is 0.431. The first kappa shape index (κ1) is 13.4. The summed E-state index contributed by atoms with van der Waals surface area (Å²) < 4.78 is 0. The van der Waals surface area contributed by atoms with E-state index in [1.54, 1.807) is 0 Å². The van der Waals surface area contributed by atoms with Crippen LogP contribution in [0.3, 0.4) is 0 Å². The lowest BCUT2D eigenvalue weighted by Gasteiger charge is -2.01. The molecule has 2 nitrogen and oxygen atoms in total. The van der Waals surface area contributed by atoms with E-state index in [9.17, 15) is 4.79 Å². The molecule has 0 saturated heterocycles. The summed E-state index contributed by atoms with van der Waals surface area (Å²) in [5, 5.41) is 3.16. The van der Waals surface area contributed by atoms with Gasteiger partial charge in [0.25, 0.3) is 0 Å². The first-order chi connectivity index (χ1) is 6.81. The predicted octanol–water partition coefficient (Wildman–Crippen LogP) is 2.69. The maximum Gasteiger partial charge on any atom is 0.134 e. The molecule has 0 fully saturated rings. The third-order valence-corrected chi connectivity index (χ3v) is 2.19. The Morgan fingerprint density at radius 2 is 2.07 bits per heavy atom. The van der Waals surface area contributed by atoms with Gasteiger partial charge in [0, 0.05) is 19.4 Å². The zero-order valence-corrected chi connectivity index (χ0v) is 9.35. The van der Waals surface area contributed by atoms with Crippen LogP contribution < -0.4 is 5.32 Å². The smallest absolute Gasteiger partial charge is 0.134 e. The molecule has 0 aliphatic rings. The average molecular weight is 197 g/mol. The zero-order valence-electron chi connectivity index (χ0n) is 9.35. The van der Waals surface area contributed by atoms with Crippen LogP contribution in [0.4, 0.5) is 0 Å². The number of unbranched alkanes of at least 4 members (excludes halogenated alkanes) is 3. The van der Waals surface area contributed by atoms with Gasteiger partial charge in [-0.3, -0.25) is 4.79 Å². The van der Waals surface area contributed by atoms with Crippen molar-refractivity contribution in [3.8, 4) is 0 Å². The number of ketones is 1. The lowest BCUT2D eigenvalue weighted by molar-refractivity contribution is -0.119. The van der Waals surface area contributed by atoms with Crippen LogP contribution in [0.2, 0.25) is 0 Å². The van der Waals surface area contributed by atoms with Crippen LogP contribution in [0, 0.1) is 0 Å². The van der Waals surface area contributed by atoms with E-state index in [0.29, 0.717) is 12.2 Å². The lowest BCUT2D eigenvalue weighted by atomic mass is 10.1. The number of carbonyl (C=O) groups excluding carboxylic acids is 1. The number of allylic oxidation sites excluding steroid dienone is 1. The van der Waals surface area contributed by atoms with Gasteiger partial charge in [-0.15, -0.1) is 6.58 Å².